The quantitative estimate of drug-likeness (QED) is 0.941. The molecule has 20 heavy (non-hydrogen) atoms. The zero-order valence-corrected chi connectivity index (χ0v) is 12.1. The number of carbonyl (C=O) groups is 1. The molecule has 0 atom stereocenters. The van der Waals surface area contributed by atoms with E-state index in [4.69, 9.17) is 17.3 Å². The monoisotopic (exact) mass is 290 g/mol. The van der Waals surface area contributed by atoms with Crippen molar-refractivity contribution in [2.45, 2.75) is 13.5 Å². The van der Waals surface area contributed by atoms with Crippen LogP contribution in [0.5, 0.6) is 0 Å². The lowest BCUT2D eigenvalue weighted by molar-refractivity contribution is 0.0778. The molecule has 6 heteroatoms. The van der Waals surface area contributed by atoms with Gasteiger partial charge in [-0.1, -0.05) is 17.7 Å². The van der Waals surface area contributed by atoms with E-state index in [0.29, 0.717) is 6.54 Å². The number of aromatic nitrogens is 2. The van der Waals surface area contributed by atoms with Gasteiger partial charge in [0.1, 0.15) is 11.5 Å². The zero-order chi connectivity index (χ0) is 14.7. The first-order valence-electron chi connectivity index (χ1n) is 6.07. The number of nitrogens with two attached hydrogens (primary N) is 1. The second kappa shape index (κ2) is 5.88. The Morgan fingerprint density at radius 1 is 1.30 bits per heavy atom. The second-order valence-corrected chi connectivity index (χ2v) is 4.91. The molecule has 0 saturated carbocycles. The number of carbonyl (C=O) groups excluding carboxylic acids is 1. The van der Waals surface area contributed by atoms with Gasteiger partial charge in [0.05, 0.1) is 17.3 Å². The van der Waals surface area contributed by atoms with Gasteiger partial charge in [-0.15, -0.1) is 0 Å². The van der Waals surface area contributed by atoms with Gasteiger partial charge in [-0.05, 0) is 31.2 Å². The number of amides is 1. The lowest BCUT2D eigenvalue weighted by Gasteiger charge is -2.17. The highest BCUT2D eigenvalue weighted by Gasteiger charge is 2.17. The minimum Gasteiger partial charge on any atom is -0.384 e. The van der Waals surface area contributed by atoms with Crippen LogP contribution in [0.3, 0.4) is 0 Å². The van der Waals surface area contributed by atoms with Crippen molar-refractivity contribution < 1.29 is 4.79 Å². The van der Waals surface area contributed by atoms with Gasteiger partial charge in [-0.2, -0.15) is 0 Å². The molecule has 0 unspecified atom stereocenters. The summed E-state index contributed by atoms with van der Waals surface area (Å²) in [6.45, 7) is 2.29. The number of hydrogen-bond donors (Lipinski definition) is 1. The van der Waals surface area contributed by atoms with Gasteiger partial charge in [0, 0.05) is 12.7 Å². The number of anilines is 1. The van der Waals surface area contributed by atoms with E-state index in [-0.39, 0.29) is 22.4 Å². The molecule has 0 aliphatic carbocycles. The number of rotatable bonds is 3. The summed E-state index contributed by atoms with van der Waals surface area (Å²) in [4.78, 5) is 22.2. The highest BCUT2D eigenvalue weighted by molar-refractivity contribution is 6.33. The molecule has 2 heterocycles. The van der Waals surface area contributed by atoms with Gasteiger partial charge >= 0.3 is 0 Å². The maximum Gasteiger partial charge on any atom is 0.274 e. The number of hydrogen-bond acceptors (Lipinski definition) is 4. The SMILES string of the molecule is Cc1cccc(CN(C)C(=O)c2nc(N)ccc2Cl)n1. The lowest BCUT2D eigenvalue weighted by Crippen LogP contribution is -2.28. The van der Waals surface area contributed by atoms with Crippen molar-refractivity contribution in [1.82, 2.24) is 14.9 Å². The fraction of sp³-hybridized carbons (Fsp3) is 0.214. The Balaban J connectivity index is 2.18. The van der Waals surface area contributed by atoms with E-state index in [1.165, 1.54) is 4.90 Å². The predicted molar refractivity (Wildman–Crippen MR) is 78.4 cm³/mol. The molecule has 0 aliphatic heterocycles. The van der Waals surface area contributed by atoms with Crippen molar-refractivity contribution in [2.24, 2.45) is 0 Å². The average Bonchev–Trinajstić information content (AvgIpc) is 2.40. The van der Waals surface area contributed by atoms with Crippen LogP contribution in [-0.4, -0.2) is 27.8 Å². The molecule has 104 valence electrons. The Bertz CT molecular complexity index is 645. The second-order valence-electron chi connectivity index (χ2n) is 4.50. The molecule has 0 fully saturated rings. The Morgan fingerprint density at radius 3 is 2.75 bits per heavy atom. The minimum absolute atomic E-state index is 0.154. The number of nitrogen functional groups attached to an aromatic ring is 1. The Kier molecular flexibility index (Phi) is 4.20. The average molecular weight is 291 g/mol. The molecule has 2 aromatic rings. The van der Waals surface area contributed by atoms with Crippen molar-refractivity contribution in [2.75, 3.05) is 12.8 Å². The molecule has 0 aromatic carbocycles. The van der Waals surface area contributed by atoms with Crippen molar-refractivity contribution in [3.63, 3.8) is 0 Å². The molecule has 2 N–H and O–H groups in total. The molecule has 5 nitrogen and oxygen atoms in total. The molecular formula is C14H15ClN4O. The third kappa shape index (κ3) is 3.24. The minimum atomic E-state index is -0.286. The standard InChI is InChI=1S/C14H15ClN4O/c1-9-4-3-5-10(17-9)8-19(2)14(20)13-11(15)6-7-12(16)18-13/h3-7H,8H2,1-2H3,(H2,16,18). The third-order valence-electron chi connectivity index (χ3n) is 2.76. The third-order valence-corrected chi connectivity index (χ3v) is 3.07. The highest BCUT2D eigenvalue weighted by Crippen LogP contribution is 2.17. The summed E-state index contributed by atoms with van der Waals surface area (Å²) in [6, 6.07) is 8.80. The van der Waals surface area contributed by atoms with Crippen LogP contribution in [0.4, 0.5) is 5.82 Å². The van der Waals surface area contributed by atoms with Crippen LogP contribution in [0.15, 0.2) is 30.3 Å². The highest BCUT2D eigenvalue weighted by atomic mass is 35.5. The molecular weight excluding hydrogens is 276 g/mol. The van der Waals surface area contributed by atoms with Crippen LogP contribution in [0.1, 0.15) is 21.9 Å². The van der Waals surface area contributed by atoms with E-state index in [1.54, 1.807) is 19.2 Å². The molecule has 1 amide bonds. The molecule has 0 radical (unpaired) electrons. The van der Waals surface area contributed by atoms with Crippen molar-refractivity contribution in [1.29, 1.82) is 0 Å². The zero-order valence-electron chi connectivity index (χ0n) is 11.3. The summed E-state index contributed by atoms with van der Waals surface area (Å²) >= 11 is 5.98. The normalized spacial score (nSPS) is 10.3. The Morgan fingerprint density at radius 2 is 2.05 bits per heavy atom. The molecule has 0 spiro atoms. The van der Waals surface area contributed by atoms with Crippen LogP contribution >= 0.6 is 11.6 Å². The number of nitrogens with zero attached hydrogens (tertiary/aromatic N) is 3. The van der Waals surface area contributed by atoms with Gasteiger partial charge < -0.3 is 10.6 Å². The van der Waals surface area contributed by atoms with Crippen molar-refractivity contribution >= 4 is 23.3 Å². The molecule has 2 aromatic heterocycles. The maximum atomic E-state index is 12.3. The van der Waals surface area contributed by atoms with E-state index in [2.05, 4.69) is 9.97 Å². The van der Waals surface area contributed by atoms with E-state index < -0.39 is 0 Å². The molecule has 2 rings (SSSR count). The number of pyridine rings is 2. The summed E-state index contributed by atoms with van der Waals surface area (Å²) in [7, 11) is 1.67. The topological polar surface area (TPSA) is 72.1 Å². The van der Waals surface area contributed by atoms with Crippen molar-refractivity contribution in [3.8, 4) is 0 Å². The Hall–Kier alpha value is -2.14. The largest absolute Gasteiger partial charge is 0.384 e. The van der Waals surface area contributed by atoms with E-state index in [1.807, 2.05) is 25.1 Å². The van der Waals surface area contributed by atoms with Gasteiger partial charge in [0.15, 0.2) is 0 Å². The summed E-state index contributed by atoms with van der Waals surface area (Å²) in [5.74, 6) is -0.0227. The first kappa shape index (κ1) is 14.3. The fourth-order valence-corrected chi connectivity index (χ4v) is 1.98. The van der Waals surface area contributed by atoms with Crippen LogP contribution in [-0.2, 0) is 6.54 Å². The smallest absolute Gasteiger partial charge is 0.274 e. The van der Waals surface area contributed by atoms with Gasteiger partial charge in [0.25, 0.3) is 5.91 Å². The van der Waals surface area contributed by atoms with Crippen LogP contribution < -0.4 is 5.73 Å². The predicted octanol–water partition coefficient (Wildman–Crippen LogP) is 2.29. The molecule has 0 bridgehead atoms. The molecule has 0 aliphatic rings. The van der Waals surface area contributed by atoms with E-state index in [0.717, 1.165) is 11.4 Å². The lowest BCUT2D eigenvalue weighted by atomic mass is 10.2. The fourth-order valence-electron chi connectivity index (χ4n) is 1.79. The summed E-state index contributed by atoms with van der Waals surface area (Å²) < 4.78 is 0. The van der Waals surface area contributed by atoms with Gasteiger partial charge in [0.2, 0.25) is 0 Å². The van der Waals surface area contributed by atoms with E-state index in [9.17, 15) is 4.79 Å². The van der Waals surface area contributed by atoms with E-state index >= 15 is 0 Å². The Labute approximate surface area is 122 Å². The van der Waals surface area contributed by atoms with Crippen molar-refractivity contribution in [3.05, 3.63) is 52.4 Å². The summed E-state index contributed by atoms with van der Waals surface area (Å²) in [5.41, 5.74) is 7.45. The number of aryl methyl sites for hydroxylation is 1. The molecule has 0 saturated heterocycles. The maximum absolute atomic E-state index is 12.3. The van der Waals surface area contributed by atoms with Crippen LogP contribution in [0, 0.1) is 6.92 Å². The van der Waals surface area contributed by atoms with Crippen LogP contribution in [0.25, 0.3) is 0 Å². The first-order valence-corrected chi connectivity index (χ1v) is 6.45. The van der Waals surface area contributed by atoms with Crippen LogP contribution in [0.2, 0.25) is 5.02 Å². The van der Waals surface area contributed by atoms with Gasteiger partial charge in [-0.25, -0.2) is 4.98 Å². The number of halogens is 1. The van der Waals surface area contributed by atoms with Gasteiger partial charge in [-0.3, -0.25) is 9.78 Å². The first-order chi connectivity index (χ1) is 9.47. The summed E-state index contributed by atoms with van der Waals surface area (Å²) in [6.07, 6.45) is 0. The summed E-state index contributed by atoms with van der Waals surface area (Å²) in [5, 5.41) is 0.285.